The van der Waals surface area contributed by atoms with E-state index in [-0.39, 0.29) is 11.5 Å². The molecule has 0 atom stereocenters. The maximum atomic E-state index is 10.9. The summed E-state index contributed by atoms with van der Waals surface area (Å²) in [6.07, 6.45) is 3.11. The summed E-state index contributed by atoms with van der Waals surface area (Å²) in [7, 11) is 0. The summed E-state index contributed by atoms with van der Waals surface area (Å²) in [5, 5.41) is 11.7. The number of ketones is 1. The molecule has 0 heterocycles. The zero-order valence-corrected chi connectivity index (χ0v) is 8.97. The second kappa shape index (κ2) is 4.19. The Morgan fingerprint density at radius 3 is 2.69 bits per heavy atom. The van der Waals surface area contributed by atoms with E-state index in [1.165, 1.54) is 13.0 Å². The van der Waals surface area contributed by atoms with Gasteiger partial charge in [0.15, 0.2) is 5.78 Å². The van der Waals surface area contributed by atoms with Gasteiger partial charge in [-0.15, -0.1) is 0 Å². The lowest BCUT2D eigenvalue weighted by Gasteiger charge is -2.04. The number of aromatic hydroxyl groups is 1. The van der Waals surface area contributed by atoms with E-state index in [1.807, 2.05) is 30.3 Å². The van der Waals surface area contributed by atoms with Gasteiger partial charge in [-0.2, -0.15) is 0 Å². The zero-order chi connectivity index (χ0) is 11.5. The number of hydrogen-bond acceptors (Lipinski definition) is 2. The van der Waals surface area contributed by atoms with Gasteiger partial charge in [-0.05, 0) is 35.9 Å². The van der Waals surface area contributed by atoms with Gasteiger partial charge in [-0.25, -0.2) is 0 Å². The number of allylic oxidation sites excluding steroid dienone is 1. The third kappa shape index (κ3) is 1.96. The van der Waals surface area contributed by atoms with Gasteiger partial charge >= 0.3 is 0 Å². The quantitative estimate of drug-likeness (QED) is 0.776. The first kappa shape index (κ1) is 10.4. The van der Waals surface area contributed by atoms with Crippen LogP contribution in [-0.4, -0.2) is 10.9 Å². The van der Waals surface area contributed by atoms with Gasteiger partial charge in [0.2, 0.25) is 0 Å². The van der Waals surface area contributed by atoms with Crippen molar-refractivity contribution in [3.05, 3.63) is 48.0 Å². The number of benzene rings is 2. The number of rotatable bonds is 2. The molecule has 0 aliphatic rings. The summed E-state index contributed by atoms with van der Waals surface area (Å²) in [5.74, 6) is 0.156. The topological polar surface area (TPSA) is 37.3 Å². The second-order valence-electron chi connectivity index (χ2n) is 3.66. The lowest BCUT2D eigenvalue weighted by atomic mass is 10.0. The van der Waals surface area contributed by atoms with E-state index in [2.05, 4.69) is 0 Å². The Kier molecular flexibility index (Phi) is 2.73. The van der Waals surface area contributed by atoms with Crippen molar-refractivity contribution in [1.29, 1.82) is 0 Å². The molecule has 2 aromatic rings. The number of hydrogen-bond donors (Lipinski definition) is 1. The lowest BCUT2D eigenvalue weighted by molar-refractivity contribution is -0.112. The Morgan fingerprint density at radius 1 is 1.19 bits per heavy atom. The Morgan fingerprint density at radius 2 is 1.94 bits per heavy atom. The number of phenols is 1. The molecule has 0 saturated carbocycles. The van der Waals surface area contributed by atoms with Crippen LogP contribution in [0.15, 0.2) is 42.5 Å². The van der Waals surface area contributed by atoms with Gasteiger partial charge in [0.05, 0.1) is 0 Å². The molecule has 0 spiro atoms. The maximum absolute atomic E-state index is 10.9. The summed E-state index contributed by atoms with van der Waals surface area (Å²) in [6.45, 7) is 1.48. The van der Waals surface area contributed by atoms with Crippen LogP contribution in [0.5, 0.6) is 5.75 Å². The molecule has 16 heavy (non-hydrogen) atoms. The predicted molar refractivity (Wildman–Crippen MR) is 65.3 cm³/mol. The summed E-state index contributed by atoms with van der Waals surface area (Å²) >= 11 is 0. The molecule has 0 radical (unpaired) electrons. The third-order valence-electron chi connectivity index (χ3n) is 2.43. The van der Waals surface area contributed by atoms with Crippen molar-refractivity contribution in [2.45, 2.75) is 6.92 Å². The molecule has 2 aromatic carbocycles. The number of phenolic OH excluding ortho intramolecular Hbond substituents is 1. The summed E-state index contributed by atoms with van der Waals surface area (Å²) in [5.41, 5.74) is 0.688. The molecular weight excluding hydrogens is 200 g/mol. The van der Waals surface area contributed by atoms with E-state index >= 15 is 0 Å². The molecule has 0 aliphatic carbocycles. The molecule has 2 heteroatoms. The molecule has 2 rings (SSSR count). The van der Waals surface area contributed by atoms with Crippen LogP contribution < -0.4 is 0 Å². The average Bonchev–Trinajstić information content (AvgIpc) is 2.27. The Labute approximate surface area is 93.8 Å². The van der Waals surface area contributed by atoms with Crippen molar-refractivity contribution in [1.82, 2.24) is 0 Å². The van der Waals surface area contributed by atoms with E-state index in [9.17, 15) is 9.90 Å². The highest BCUT2D eigenvalue weighted by Crippen LogP contribution is 2.28. The molecule has 0 bridgehead atoms. The van der Waals surface area contributed by atoms with Crippen LogP contribution in [0, 0.1) is 0 Å². The first-order valence-electron chi connectivity index (χ1n) is 5.08. The van der Waals surface area contributed by atoms with Crippen LogP contribution in [0.3, 0.4) is 0 Å². The summed E-state index contributed by atoms with van der Waals surface area (Å²) in [6, 6.07) is 11.2. The van der Waals surface area contributed by atoms with Gasteiger partial charge in [0.25, 0.3) is 0 Å². The minimum Gasteiger partial charge on any atom is -0.507 e. The molecule has 0 aliphatic heterocycles. The molecule has 0 aromatic heterocycles. The fourth-order valence-electron chi connectivity index (χ4n) is 1.66. The van der Waals surface area contributed by atoms with E-state index in [0.29, 0.717) is 5.56 Å². The van der Waals surface area contributed by atoms with Crippen molar-refractivity contribution in [2.24, 2.45) is 0 Å². The first-order valence-corrected chi connectivity index (χ1v) is 5.08. The molecule has 0 amide bonds. The molecule has 0 saturated heterocycles. The highest BCUT2D eigenvalue weighted by molar-refractivity contribution is 5.98. The van der Waals surface area contributed by atoms with Crippen molar-refractivity contribution in [2.75, 3.05) is 0 Å². The van der Waals surface area contributed by atoms with Crippen LogP contribution >= 0.6 is 0 Å². The Bertz CT molecular complexity index is 568. The summed E-state index contributed by atoms with van der Waals surface area (Å²) in [4.78, 5) is 10.9. The van der Waals surface area contributed by atoms with Crippen LogP contribution in [0.1, 0.15) is 12.5 Å². The van der Waals surface area contributed by atoms with Gasteiger partial charge < -0.3 is 5.11 Å². The van der Waals surface area contributed by atoms with E-state index in [4.69, 9.17) is 0 Å². The van der Waals surface area contributed by atoms with Crippen molar-refractivity contribution in [3.63, 3.8) is 0 Å². The molecule has 80 valence electrons. The highest BCUT2D eigenvalue weighted by Gasteiger charge is 2.03. The van der Waals surface area contributed by atoms with Crippen molar-refractivity contribution >= 4 is 22.6 Å². The number of carbonyl (C=O) groups is 1. The fraction of sp³-hybridized carbons (Fsp3) is 0.0714. The van der Waals surface area contributed by atoms with Crippen LogP contribution in [0.4, 0.5) is 0 Å². The SMILES string of the molecule is CC(=O)C=Cc1c(O)ccc2ccccc12. The second-order valence-corrected chi connectivity index (χ2v) is 3.66. The molecule has 0 fully saturated rings. The van der Waals surface area contributed by atoms with Gasteiger partial charge in [-0.3, -0.25) is 4.79 Å². The average molecular weight is 212 g/mol. The minimum atomic E-state index is -0.0349. The highest BCUT2D eigenvalue weighted by atomic mass is 16.3. The van der Waals surface area contributed by atoms with Crippen LogP contribution in [0.2, 0.25) is 0 Å². The standard InChI is InChI=1S/C14H12O2/c1-10(15)6-8-13-12-5-3-2-4-11(12)7-9-14(13)16/h2-9,16H,1H3. The monoisotopic (exact) mass is 212 g/mol. The van der Waals surface area contributed by atoms with Crippen molar-refractivity contribution in [3.8, 4) is 5.75 Å². The van der Waals surface area contributed by atoms with Gasteiger partial charge in [-0.1, -0.05) is 30.3 Å². The number of carbonyl (C=O) groups excluding carboxylic acids is 1. The zero-order valence-electron chi connectivity index (χ0n) is 8.97. The molecule has 2 nitrogen and oxygen atoms in total. The molecular formula is C14H12O2. The molecule has 0 unspecified atom stereocenters. The van der Waals surface area contributed by atoms with Crippen LogP contribution in [-0.2, 0) is 4.79 Å². The summed E-state index contributed by atoms with van der Waals surface area (Å²) < 4.78 is 0. The Hall–Kier alpha value is -2.09. The number of fused-ring (bicyclic) bond motifs is 1. The normalized spacial score (nSPS) is 11.1. The van der Waals surface area contributed by atoms with E-state index in [1.54, 1.807) is 12.1 Å². The third-order valence-corrected chi connectivity index (χ3v) is 2.43. The van der Waals surface area contributed by atoms with Crippen molar-refractivity contribution < 1.29 is 9.90 Å². The van der Waals surface area contributed by atoms with E-state index in [0.717, 1.165) is 10.8 Å². The lowest BCUT2D eigenvalue weighted by Crippen LogP contribution is -1.83. The predicted octanol–water partition coefficient (Wildman–Crippen LogP) is 3.15. The van der Waals surface area contributed by atoms with Gasteiger partial charge in [0.1, 0.15) is 5.75 Å². The molecule has 1 N–H and O–H groups in total. The smallest absolute Gasteiger partial charge is 0.152 e. The Balaban J connectivity index is 2.66. The largest absolute Gasteiger partial charge is 0.507 e. The maximum Gasteiger partial charge on any atom is 0.152 e. The van der Waals surface area contributed by atoms with Crippen LogP contribution in [0.25, 0.3) is 16.8 Å². The van der Waals surface area contributed by atoms with E-state index < -0.39 is 0 Å². The minimum absolute atomic E-state index is 0.0349. The van der Waals surface area contributed by atoms with Gasteiger partial charge in [0, 0.05) is 5.56 Å². The fourth-order valence-corrected chi connectivity index (χ4v) is 1.66. The first-order chi connectivity index (χ1) is 7.68.